The molecule has 10 nitrogen and oxygen atoms in total. The number of nitrogens with zero attached hydrogens (tertiary/aromatic N) is 2. The Morgan fingerprint density at radius 1 is 1.00 bits per heavy atom. The number of aromatic nitrogens is 3. The Labute approximate surface area is 257 Å². The molecule has 45 heavy (non-hydrogen) atoms. The molecule has 10 heteroatoms. The third-order valence-corrected chi connectivity index (χ3v) is 9.87. The highest BCUT2D eigenvalue weighted by Gasteiger charge is 2.61. The Bertz CT molecular complexity index is 2240. The summed E-state index contributed by atoms with van der Waals surface area (Å²) in [6.07, 6.45) is 3.51. The fourth-order valence-electron chi connectivity index (χ4n) is 7.77. The number of anilines is 1. The number of ether oxygens (including phenoxy) is 1. The SMILES string of the molecule is CC(C)C1NC(=O)[C@@H](N)Cc2ccc3c(c2)C24c5cccc(c5NC2O3)-c2cccc3[nH]cc(c23)-c2cnc(o2)-c2nc1oc24. The lowest BCUT2D eigenvalue weighted by Crippen LogP contribution is -2.45. The molecule has 6 aromatic rings. The smallest absolute Gasteiger partial charge is 0.249 e. The van der Waals surface area contributed by atoms with Gasteiger partial charge in [-0.1, -0.05) is 56.3 Å². The zero-order valence-corrected chi connectivity index (χ0v) is 24.5. The standard InChI is InChI=1S/C35H28N6O4/c1-15(2)27-33-40-29-30(45-33)35-20-7-3-6-18(17-5-4-8-23-26(17)19(13-37-23)25-14-38-32(29)43-25)28(20)41-34(35)44-24-10-9-16(11-21(24)35)12-22(36)31(42)39-27/h3-11,13-15,22,27,34,37,41H,12,36H2,1-2H3,(H,39,42)/t22-,27?,34?,35?/m0/s1. The van der Waals surface area contributed by atoms with Crippen LogP contribution in [-0.4, -0.2) is 33.1 Å². The molecule has 4 atom stereocenters. The lowest BCUT2D eigenvalue weighted by atomic mass is 9.72. The van der Waals surface area contributed by atoms with Crippen molar-refractivity contribution in [2.24, 2.45) is 11.7 Å². The Balaban J connectivity index is 1.39. The van der Waals surface area contributed by atoms with Crippen LogP contribution in [0.3, 0.4) is 0 Å². The van der Waals surface area contributed by atoms with Crippen LogP contribution in [0.25, 0.3) is 44.9 Å². The summed E-state index contributed by atoms with van der Waals surface area (Å²) >= 11 is 0. The average molecular weight is 597 g/mol. The number of H-pyrrole nitrogens is 1. The van der Waals surface area contributed by atoms with Crippen LogP contribution in [0.2, 0.25) is 0 Å². The van der Waals surface area contributed by atoms with Crippen LogP contribution in [0.15, 0.2) is 75.8 Å². The number of para-hydroxylation sites is 1. The van der Waals surface area contributed by atoms with E-state index in [0.717, 1.165) is 55.7 Å². The van der Waals surface area contributed by atoms with Crippen LogP contribution in [0.4, 0.5) is 5.69 Å². The van der Waals surface area contributed by atoms with Crippen molar-refractivity contribution in [3.8, 4) is 39.8 Å². The maximum Gasteiger partial charge on any atom is 0.249 e. The second-order valence-corrected chi connectivity index (χ2v) is 12.7. The van der Waals surface area contributed by atoms with Gasteiger partial charge in [0.05, 0.1) is 12.2 Å². The van der Waals surface area contributed by atoms with Gasteiger partial charge in [0.15, 0.2) is 23.4 Å². The van der Waals surface area contributed by atoms with Crippen molar-refractivity contribution >= 4 is 22.5 Å². The fraction of sp³-hybridized carbons (Fsp3) is 0.229. The summed E-state index contributed by atoms with van der Waals surface area (Å²) in [5, 5.41) is 7.93. The molecule has 10 rings (SSSR count). The number of benzene rings is 3. The van der Waals surface area contributed by atoms with E-state index in [1.165, 1.54) is 0 Å². The number of carbonyl (C=O) groups is 1. The molecule has 3 aromatic heterocycles. The van der Waals surface area contributed by atoms with Gasteiger partial charge < -0.3 is 34.9 Å². The molecule has 0 fully saturated rings. The van der Waals surface area contributed by atoms with Crippen molar-refractivity contribution < 1.29 is 18.4 Å². The lowest BCUT2D eigenvalue weighted by Gasteiger charge is -2.28. The van der Waals surface area contributed by atoms with Gasteiger partial charge in [-0.05, 0) is 35.6 Å². The van der Waals surface area contributed by atoms with Gasteiger partial charge in [-0.15, -0.1) is 0 Å². The molecular weight excluding hydrogens is 568 g/mol. The number of nitrogens with one attached hydrogen (secondary N) is 3. The highest BCUT2D eigenvalue weighted by molar-refractivity contribution is 6.07. The number of hydrogen-bond acceptors (Lipinski definition) is 8. The quantitative estimate of drug-likeness (QED) is 0.191. The van der Waals surface area contributed by atoms with Crippen molar-refractivity contribution in [3.05, 3.63) is 95.3 Å². The summed E-state index contributed by atoms with van der Waals surface area (Å²) < 4.78 is 20.2. The molecule has 5 N–H and O–H groups in total. The van der Waals surface area contributed by atoms with Crippen molar-refractivity contribution in [2.75, 3.05) is 5.32 Å². The molecule has 3 unspecified atom stereocenters. The number of carbonyl (C=O) groups excluding carboxylic acids is 1. The molecule has 3 aromatic carbocycles. The van der Waals surface area contributed by atoms with E-state index in [4.69, 9.17) is 29.3 Å². The fourth-order valence-corrected chi connectivity index (χ4v) is 7.77. The number of aromatic amines is 1. The largest absolute Gasteiger partial charge is 0.469 e. The summed E-state index contributed by atoms with van der Waals surface area (Å²) in [4.78, 5) is 26.7. The van der Waals surface area contributed by atoms with Crippen LogP contribution in [0, 0.1) is 5.92 Å². The zero-order chi connectivity index (χ0) is 30.2. The maximum atomic E-state index is 13.4. The minimum Gasteiger partial charge on any atom is -0.469 e. The Kier molecular flexibility index (Phi) is 4.68. The highest BCUT2D eigenvalue weighted by atomic mass is 16.5. The number of hydrogen-bond donors (Lipinski definition) is 4. The number of amides is 1. The third kappa shape index (κ3) is 3.09. The molecule has 1 amide bonds. The van der Waals surface area contributed by atoms with Crippen LogP contribution >= 0.6 is 0 Å². The molecule has 4 aliphatic rings. The summed E-state index contributed by atoms with van der Waals surface area (Å²) in [6.45, 7) is 4.04. The van der Waals surface area contributed by atoms with Gasteiger partial charge in [0, 0.05) is 45.0 Å². The van der Waals surface area contributed by atoms with Crippen molar-refractivity contribution in [1.82, 2.24) is 20.3 Å². The zero-order valence-electron chi connectivity index (χ0n) is 24.5. The number of oxazole rings is 2. The minimum absolute atomic E-state index is 0.0459. The van der Waals surface area contributed by atoms with E-state index in [0.29, 0.717) is 35.4 Å². The van der Waals surface area contributed by atoms with E-state index < -0.39 is 23.7 Å². The van der Waals surface area contributed by atoms with Crippen LogP contribution in [0.1, 0.15) is 48.2 Å². The lowest BCUT2D eigenvalue weighted by molar-refractivity contribution is -0.123. The molecule has 222 valence electrons. The molecule has 7 heterocycles. The van der Waals surface area contributed by atoms with E-state index in [-0.39, 0.29) is 11.8 Å². The predicted octanol–water partition coefficient (Wildman–Crippen LogP) is 5.63. The van der Waals surface area contributed by atoms with E-state index in [2.05, 4.69) is 58.1 Å². The average Bonchev–Trinajstić information content (AvgIpc) is 3.84. The van der Waals surface area contributed by atoms with Gasteiger partial charge in [-0.3, -0.25) is 4.79 Å². The van der Waals surface area contributed by atoms with Crippen molar-refractivity contribution in [1.29, 1.82) is 0 Å². The first-order valence-electron chi connectivity index (χ1n) is 15.3. The molecule has 4 aliphatic heterocycles. The van der Waals surface area contributed by atoms with E-state index in [1.54, 1.807) is 6.20 Å². The van der Waals surface area contributed by atoms with E-state index in [1.807, 2.05) is 32.2 Å². The van der Waals surface area contributed by atoms with Gasteiger partial charge in [0.2, 0.25) is 17.7 Å². The molecule has 1 spiro atoms. The molecular formula is C35H28N6O4. The highest BCUT2D eigenvalue weighted by Crippen LogP contribution is 2.61. The van der Waals surface area contributed by atoms with Crippen molar-refractivity contribution in [3.63, 3.8) is 0 Å². The second-order valence-electron chi connectivity index (χ2n) is 12.7. The third-order valence-electron chi connectivity index (χ3n) is 9.87. The summed E-state index contributed by atoms with van der Waals surface area (Å²) in [5.41, 5.74) is 13.8. The van der Waals surface area contributed by atoms with E-state index >= 15 is 0 Å². The molecule has 0 saturated carbocycles. The monoisotopic (exact) mass is 596 g/mol. The Morgan fingerprint density at radius 2 is 1.87 bits per heavy atom. The van der Waals surface area contributed by atoms with Gasteiger partial charge in [-0.2, -0.15) is 0 Å². The number of rotatable bonds is 1. The Hall–Kier alpha value is -5.35. The second kappa shape index (κ2) is 8.42. The van der Waals surface area contributed by atoms with Crippen LogP contribution < -0.4 is 21.1 Å². The topological polar surface area (TPSA) is 144 Å². The van der Waals surface area contributed by atoms with Gasteiger partial charge in [0.25, 0.3) is 0 Å². The molecule has 10 bridgehead atoms. The first kappa shape index (κ1) is 25.0. The first-order chi connectivity index (χ1) is 21.9. The number of nitrogens with two attached hydrogens (primary N) is 1. The number of fused-ring (bicyclic) bond motifs is 7. The summed E-state index contributed by atoms with van der Waals surface area (Å²) in [7, 11) is 0. The van der Waals surface area contributed by atoms with Gasteiger partial charge in [-0.25, -0.2) is 9.97 Å². The Morgan fingerprint density at radius 3 is 2.76 bits per heavy atom. The summed E-state index contributed by atoms with van der Waals surface area (Å²) in [6, 6.07) is 17.3. The van der Waals surface area contributed by atoms with Gasteiger partial charge >= 0.3 is 0 Å². The first-order valence-corrected chi connectivity index (χ1v) is 15.3. The molecule has 0 saturated heterocycles. The van der Waals surface area contributed by atoms with Gasteiger partial charge in [0.1, 0.15) is 17.2 Å². The summed E-state index contributed by atoms with van der Waals surface area (Å²) in [5.74, 6) is 2.25. The minimum atomic E-state index is -0.950. The van der Waals surface area contributed by atoms with Crippen LogP contribution in [0.5, 0.6) is 5.75 Å². The normalized spacial score (nSPS) is 23.6. The maximum absolute atomic E-state index is 13.4. The molecule has 0 radical (unpaired) electrons. The predicted molar refractivity (Wildman–Crippen MR) is 166 cm³/mol. The van der Waals surface area contributed by atoms with Crippen molar-refractivity contribution in [2.45, 2.75) is 44.0 Å². The molecule has 0 aliphatic carbocycles. The van der Waals surface area contributed by atoms with Crippen LogP contribution in [-0.2, 0) is 16.6 Å². The van der Waals surface area contributed by atoms with E-state index in [9.17, 15) is 4.79 Å².